The molecule has 0 saturated heterocycles. The average Bonchev–Trinajstić information content (AvgIpc) is 2.51. The van der Waals surface area contributed by atoms with Crippen molar-refractivity contribution in [2.24, 2.45) is 0 Å². The first-order valence-electron chi connectivity index (χ1n) is 6.77. The number of fused-ring (bicyclic) bond motifs is 1. The van der Waals surface area contributed by atoms with Crippen LogP contribution < -0.4 is 0 Å². The Bertz CT molecular complexity index is 681. The van der Waals surface area contributed by atoms with Crippen LogP contribution >= 0.6 is 0 Å². The fraction of sp³-hybridized carbons (Fsp3) is 0.235. The zero-order valence-electron chi connectivity index (χ0n) is 11.2. The molecule has 0 spiro atoms. The zero-order chi connectivity index (χ0) is 15.0. The van der Waals surface area contributed by atoms with Gasteiger partial charge in [-0.2, -0.15) is 0 Å². The van der Waals surface area contributed by atoms with Crippen LogP contribution in [-0.2, 0) is 6.42 Å². The summed E-state index contributed by atoms with van der Waals surface area (Å²) in [5.41, 5.74) is -1.06. The number of carbonyl (C=O) groups is 1. The molecule has 2 atom stereocenters. The van der Waals surface area contributed by atoms with E-state index in [0.717, 1.165) is 17.7 Å². The number of benzene rings is 2. The molecule has 0 saturated carbocycles. The Kier molecular flexibility index (Phi) is 3.33. The smallest absolute Gasteiger partial charge is 0.203 e. The molecule has 1 aliphatic carbocycles. The molecule has 108 valence electrons. The van der Waals surface area contributed by atoms with Crippen LogP contribution in [0.2, 0.25) is 0 Å². The summed E-state index contributed by atoms with van der Waals surface area (Å²) in [6, 6.07) is 11.7. The van der Waals surface area contributed by atoms with Crippen LogP contribution in [0.25, 0.3) is 0 Å². The molecular weight excluding hydrogens is 274 g/mol. The number of alkyl halides is 1. The van der Waals surface area contributed by atoms with Gasteiger partial charge in [-0.15, -0.1) is 0 Å². The maximum Gasteiger partial charge on any atom is 0.203 e. The van der Waals surface area contributed by atoms with Crippen LogP contribution in [0.5, 0.6) is 0 Å². The van der Waals surface area contributed by atoms with Gasteiger partial charge in [0.25, 0.3) is 0 Å². The minimum atomic E-state index is -2.37. The molecule has 2 nitrogen and oxygen atoms in total. The van der Waals surface area contributed by atoms with Crippen molar-refractivity contribution >= 4 is 5.78 Å². The second kappa shape index (κ2) is 5.04. The Morgan fingerprint density at radius 1 is 1.10 bits per heavy atom. The first kappa shape index (κ1) is 13.9. The normalized spacial score (nSPS) is 22.7. The summed E-state index contributed by atoms with van der Waals surface area (Å²) in [7, 11) is 0. The number of rotatable bonds is 2. The summed E-state index contributed by atoms with van der Waals surface area (Å²) in [6.07, 6.45) is -1.29. The van der Waals surface area contributed by atoms with Gasteiger partial charge in [0.05, 0.1) is 0 Å². The van der Waals surface area contributed by atoms with Crippen LogP contribution in [0, 0.1) is 5.82 Å². The monoisotopic (exact) mass is 288 g/mol. The van der Waals surface area contributed by atoms with Crippen molar-refractivity contribution < 1.29 is 18.7 Å². The van der Waals surface area contributed by atoms with E-state index >= 15 is 4.39 Å². The van der Waals surface area contributed by atoms with Crippen molar-refractivity contribution in [1.82, 2.24) is 0 Å². The van der Waals surface area contributed by atoms with Crippen molar-refractivity contribution in [2.45, 2.75) is 24.6 Å². The van der Waals surface area contributed by atoms with Gasteiger partial charge < -0.3 is 5.11 Å². The third-order valence-electron chi connectivity index (χ3n) is 4.02. The molecule has 0 aliphatic heterocycles. The Morgan fingerprint density at radius 2 is 1.76 bits per heavy atom. The lowest BCUT2D eigenvalue weighted by atomic mass is 9.76. The van der Waals surface area contributed by atoms with Crippen molar-refractivity contribution in [3.8, 4) is 0 Å². The van der Waals surface area contributed by atoms with Crippen LogP contribution in [-0.4, -0.2) is 16.6 Å². The number of Topliss-reactive ketones (excluding diaryl/α,β-unsaturated/α-hetero) is 1. The van der Waals surface area contributed by atoms with Crippen LogP contribution in [0.15, 0.2) is 48.5 Å². The van der Waals surface area contributed by atoms with Gasteiger partial charge in [-0.1, -0.05) is 36.4 Å². The number of aryl methyl sites for hydroxylation is 1. The van der Waals surface area contributed by atoms with Crippen molar-refractivity contribution in [3.05, 3.63) is 71.0 Å². The third-order valence-corrected chi connectivity index (χ3v) is 4.02. The number of carbonyl (C=O) groups excluding carboxylic acids is 1. The number of ketones is 1. The van der Waals surface area contributed by atoms with E-state index in [-0.39, 0.29) is 12.0 Å². The van der Waals surface area contributed by atoms with E-state index in [9.17, 15) is 14.3 Å². The molecule has 2 aromatic carbocycles. The van der Waals surface area contributed by atoms with E-state index in [1.807, 2.05) is 0 Å². The summed E-state index contributed by atoms with van der Waals surface area (Å²) in [5.74, 6) is -1.18. The summed E-state index contributed by atoms with van der Waals surface area (Å²) < 4.78 is 28.1. The minimum absolute atomic E-state index is 0.0820. The molecule has 1 N–H and O–H groups in total. The van der Waals surface area contributed by atoms with Crippen LogP contribution in [0.1, 0.15) is 34.0 Å². The summed E-state index contributed by atoms with van der Waals surface area (Å²) >= 11 is 0. The fourth-order valence-electron chi connectivity index (χ4n) is 2.78. The molecule has 0 radical (unpaired) electrons. The second-order valence-electron chi connectivity index (χ2n) is 5.30. The fourth-order valence-corrected chi connectivity index (χ4v) is 2.78. The van der Waals surface area contributed by atoms with Crippen LogP contribution in [0.3, 0.4) is 0 Å². The molecule has 0 bridgehead atoms. The number of aliphatic hydroxyl groups excluding tert-OH is 1. The number of hydrogen-bond donors (Lipinski definition) is 1. The molecule has 0 fully saturated rings. The predicted molar refractivity (Wildman–Crippen MR) is 74.3 cm³/mol. The lowest BCUT2D eigenvalue weighted by Gasteiger charge is -2.33. The molecular formula is C17H14F2O2. The Morgan fingerprint density at radius 3 is 2.48 bits per heavy atom. The van der Waals surface area contributed by atoms with Gasteiger partial charge in [0.2, 0.25) is 11.5 Å². The molecule has 4 heteroatoms. The number of hydrogen-bond acceptors (Lipinski definition) is 2. The predicted octanol–water partition coefficient (Wildman–Crippen LogP) is 3.40. The summed E-state index contributed by atoms with van der Waals surface area (Å²) in [4.78, 5) is 12.4. The molecule has 3 rings (SSSR count). The van der Waals surface area contributed by atoms with Gasteiger partial charge in [-0.3, -0.25) is 4.79 Å². The summed E-state index contributed by atoms with van der Waals surface area (Å²) in [6.45, 7) is 0. The molecule has 21 heavy (non-hydrogen) atoms. The SMILES string of the molecule is O=C1c2ccccc2CC[C@@]1(F)[C@@H](O)c1ccc(F)cc1. The minimum Gasteiger partial charge on any atom is -0.385 e. The lowest BCUT2D eigenvalue weighted by molar-refractivity contribution is -0.00675. The Hall–Kier alpha value is -2.07. The molecule has 0 heterocycles. The van der Waals surface area contributed by atoms with Gasteiger partial charge in [0, 0.05) is 5.56 Å². The molecule has 2 aromatic rings. The highest BCUT2D eigenvalue weighted by Crippen LogP contribution is 2.40. The first-order chi connectivity index (χ1) is 10.0. The zero-order valence-corrected chi connectivity index (χ0v) is 11.2. The maximum atomic E-state index is 15.1. The van der Waals surface area contributed by atoms with Crippen molar-refractivity contribution in [2.75, 3.05) is 0 Å². The largest absolute Gasteiger partial charge is 0.385 e. The van der Waals surface area contributed by atoms with Crippen molar-refractivity contribution in [1.29, 1.82) is 0 Å². The van der Waals surface area contributed by atoms with Gasteiger partial charge in [-0.05, 0) is 36.1 Å². The third kappa shape index (κ3) is 2.25. The average molecular weight is 288 g/mol. The van der Waals surface area contributed by atoms with Crippen LogP contribution in [0.4, 0.5) is 8.78 Å². The van der Waals surface area contributed by atoms with Gasteiger partial charge in [0.15, 0.2) is 0 Å². The van der Waals surface area contributed by atoms with Crippen molar-refractivity contribution in [3.63, 3.8) is 0 Å². The second-order valence-corrected chi connectivity index (χ2v) is 5.30. The van der Waals surface area contributed by atoms with E-state index < -0.39 is 23.4 Å². The highest BCUT2D eigenvalue weighted by molar-refractivity contribution is 6.05. The highest BCUT2D eigenvalue weighted by atomic mass is 19.1. The van der Waals surface area contributed by atoms with E-state index in [1.165, 1.54) is 12.1 Å². The summed E-state index contributed by atoms with van der Waals surface area (Å²) in [5, 5.41) is 10.3. The number of aliphatic hydroxyl groups is 1. The van der Waals surface area contributed by atoms with E-state index in [2.05, 4.69) is 0 Å². The maximum absolute atomic E-state index is 15.1. The molecule has 1 aliphatic rings. The van der Waals surface area contributed by atoms with Gasteiger partial charge in [0.1, 0.15) is 11.9 Å². The molecule has 0 unspecified atom stereocenters. The Labute approximate surface area is 121 Å². The topological polar surface area (TPSA) is 37.3 Å². The van der Waals surface area contributed by atoms with E-state index in [4.69, 9.17) is 0 Å². The number of halogens is 2. The van der Waals surface area contributed by atoms with E-state index in [1.54, 1.807) is 24.3 Å². The lowest BCUT2D eigenvalue weighted by Crippen LogP contribution is -2.44. The van der Waals surface area contributed by atoms with Gasteiger partial charge >= 0.3 is 0 Å². The Balaban J connectivity index is 1.98. The highest BCUT2D eigenvalue weighted by Gasteiger charge is 2.49. The van der Waals surface area contributed by atoms with E-state index in [0.29, 0.717) is 12.0 Å². The van der Waals surface area contributed by atoms with Gasteiger partial charge in [-0.25, -0.2) is 8.78 Å². The first-order valence-corrected chi connectivity index (χ1v) is 6.77. The quantitative estimate of drug-likeness (QED) is 0.919. The molecule has 0 amide bonds. The standard InChI is InChI=1S/C17H14F2O2/c18-13-7-5-12(6-8-13)15(20)17(19)10-9-11-3-1-2-4-14(11)16(17)21/h1-8,15,20H,9-10H2/t15-,17+/m0/s1. The molecule has 0 aromatic heterocycles.